The van der Waals surface area contributed by atoms with Crippen molar-refractivity contribution in [2.45, 2.75) is 25.7 Å². The molecule has 0 fully saturated rings. The fraction of sp³-hybridized carbons (Fsp3) is 0.583. The number of hydrogen-bond donors (Lipinski definition) is 2. The molecule has 0 saturated carbocycles. The Morgan fingerprint density at radius 1 is 1.44 bits per heavy atom. The third-order valence-corrected chi connectivity index (χ3v) is 3.49. The van der Waals surface area contributed by atoms with Crippen LogP contribution in [-0.2, 0) is 6.42 Å². The Balaban J connectivity index is 2.02. The normalized spacial score (nSPS) is 10.9. The molecule has 1 rings (SSSR count). The summed E-state index contributed by atoms with van der Waals surface area (Å²) in [5.41, 5.74) is 5.30. The van der Waals surface area contributed by atoms with Crippen molar-refractivity contribution >= 4 is 17.2 Å². The fourth-order valence-electron chi connectivity index (χ4n) is 1.56. The summed E-state index contributed by atoms with van der Waals surface area (Å²) in [5.74, 6) is 0.307. The van der Waals surface area contributed by atoms with E-state index in [0.717, 1.165) is 38.8 Å². The van der Waals surface area contributed by atoms with E-state index in [1.807, 2.05) is 11.3 Å². The molecule has 16 heavy (non-hydrogen) atoms. The minimum Gasteiger partial charge on any atom is -0.388 e. The molecule has 1 heterocycles. The van der Waals surface area contributed by atoms with Gasteiger partial charge in [-0.25, -0.2) is 0 Å². The highest BCUT2D eigenvalue weighted by Crippen LogP contribution is 2.09. The molecule has 3 nitrogen and oxygen atoms in total. The predicted molar refractivity (Wildman–Crippen MR) is 71.3 cm³/mol. The number of unbranched alkanes of at least 4 members (excludes halogenated alkanes) is 1. The SMILES string of the molecule is CN(CCCCC(=N)N)CCc1cccs1. The van der Waals surface area contributed by atoms with E-state index in [-0.39, 0.29) is 0 Å². The Hall–Kier alpha value is -0.870. The van der Waals surface area contributed by atoms with Gasteiger partial charge < -0.3 is 10.6 Å². The zero-order valence-corrected chi connectivity index (χ0v) is 10.7. The van der Waals surface area contributed by atoms with E-state index in [1.165, 1.54) is 4.88 Å². The van der Waals surface area contributed by atoms with Crippen LogP contribution >= 0.6 is 11.3 Å². The van der Waals surface area contributed by atoms with E-state index in [0.29, 0.717) is 5.84 Å². The summed E-state index contributed by atoms with van der Waals surface area (Å²) in [5, 5.41) is 9.25. The van der Waals surface area contributed by atoms with Gasteiger partial charge >= 0.3 is 0 Å². The van der Waals surface area contributed by atoms with E-state index in [1.54, 1.807) is 0 Å². The van der Waals surface area contributed by atoms with E-state index in [2.05, 4.69) is 29.5 Å². The molecule has 1 aromatic rings. The third-order valence-electron chi connectivity index (χ3n) is 2.56. The molecule has 0 amide bonds. The Kier molecular flexibility index (Phi) is 6.11. The Morgan fingerprint density at radius 2 is 2.25 bits per heavy atom. The number of nitrogens with zero attached hydrogens (tertiary/aromatic N) is 1. The lowest BCUT2D eigenvalue weighted by Crippen LogP contribution is -2.22. The lowest BCUT2D eigenvalue weighted by atomic mass is 10.2. The van der Waals surface area contributed by atoms with E-state index < -0.39 is 0 Å². The maximum absolute atomic E-state index is 7.12. The predicted octanol–water partition coefficient (Wildman–Crippen LogP) is 2.33. The van der Waals surface area contributed by atoms with E-state index >= 15 is 0 Å². The average molecular weight is 239 g/mol. The molecule has 1 aromatic heterocycles. The quantitative estimate of drug-likeness (QED) is 0.415. The largest absolute Gasteiger partial charge is 0.388 e. The fourth-order valence-corrected chi connectivity index (χ4v) is 2.26. The average Bonchev–Trinajstić information content (AvgIpc) is 2.74. The number of hydrogen-bond acceptors (Lipinski definition) is 3. The summed E-state index contributed by atoms with van der Waals surface area (Å²) in [6, 6.07) is 4.29. The van der Waals surface area contributed by atoms with Crippen LogP contribution in [0.15, 0.2) is 17.5 Å². The second-order valence-electron chi connectivity index (χ2n) is 4.11. The summed E-state index contributed by atoms with van der Waals surface area (Å²) >= 11 is 1.83. The smallest absolute Gasteiger partial charge is 0.0905 e. The van der Waals surface area contributed by atoms with Crippen LogP contribution in [0.5, 0.6) is 0 Å². The highest BCUT2D eigenvalue weighted by molar-refractivity contribution is 7.09. The molecule has 0 aromatic carbocycles. The molecule has 0 aliphatic carbocycles. The van der Waals surface area contributed by atoms with Crippen molar-refractivity contribution in [2.75, 3.05) is 20.1 Å². The minimum atomic E-state index is 0.307. The van der Waals surface area contributed by atoms with Gasteiger partial charge in [0.15, 0.2) is 0 Å². The van der Waals surface area contributed by atoms with Gasteiger partial charge in [0.25, 0.3) is 0 Å². The van der Waals surface area contributed by atoms with Crippen molar-refractivity contribution in [2.24, 2.45) is 5.73 Å². The van der Waals surface area contributed by atoms with Crippen molar-refractivity contribution in [3.05, 3.63) is 22.4 Å². The molecule has 0 bridgehead atoms. The third kappa shape index (κ3) is 5.88. The summed E-state index contributed by atoms with van der Waals surface area (Å²) in [6.07, 6.45) is 4.03. The second-order valence-corrected chi connectivity index (χ2v) is 5.15. The summed E-state index contributed by atoms with van der Waals surface area (Å²) < 4.78 is 0. The number of amidine groups is 1. The van der Waals surface area contributed by atoms with Gasteiger partial charge in [0, 0.05) is 17.8 Å². The molecule has 0 aliphatic rings. The van der Waals surface area contributed by atoms with Gasteiger partial charge in [-0.2, -0.15) is 0 Å². The monoisotopic (exact) mass is 239 g/mol. The Bertz CT molecular complexity index is 295. The number of rotatable bonds is 8. The van der Waals surface area contributed by atoms with Gasteiger partial charge in [0.1, 0.15) is 0 Å². The maximum Gasteiger partial charge on any atom is 0.0905 e. The lowest BCUT2D eigenvalue weighted by molar-refractivity contribution is 0.331. The van der Waals surface area contributed by atoms with Gasteiger partial charge in [-0.1, -0.05) is 6.07 Å². The molecule has 0 spiro atoms. The first kappa shape index (κ1) is 13.2. The van der Waals surface area contributed by atoms with Crippen molar-refractivity contribution in [3.8, 4) is 0 Å². The zero-order chi connectivity index (χ0) is 11.8. The second kappa shape index (κ2) is 7.41. The van der Waals surface area contributed by atoms with Crippen LogP contribution in [0.3, 0.4) is 0 Å². The van der Waals surface area contributed by atoms with Crippen LogP contribution in [-0.4, -0.2) is 30.9 Å². The molecule has 0 atom stereocenters. The van der Waals surface area contributed by atoms with E-state index in [4.69, 9.17) is 11.1 Å². The molecule has 0 saturated heterocycles. The van der Waals surface area contributed by atoms with Crippen LogP contribution < -0.4 is 5.73 Å². The minimum absolute atomic E-state index is 0.307. The van der Waals surface area contributed by atoms with Crippen molar-refractivity contribution < 1.29 is 0 Å². The molecule has 0 aliphatic heterocycles. The molecule has 0 unspecified atom stereocenters. The number of nitrogens with two attached hydrogens (primary N) is 1. The van der Waals surface area contributed by atoms with Crippen molar-refractivity contribution in [1.82, 2.24) is 4.90 Å². The van der Waals surface area contributed by atoms with E-state index in [9.17, 15) is 0 Å². The van der Waals surface area contributed by atoms with Gasteiger partial charge in [-0.05, 0) is 44.3 Å². The Morgan fingerprint density at radius 3 is 2.88 bits per heavy atom. The van der Waals surface area contributed by atoms with Gasteiger partial charge in [0.05, 0.1) is 5.84 Å². The molecule has 3 N–H and O–H groups in total. The molecule has 90 valence electrons. The Labute approximate surface area is 102 Å². The van der Waals surface area contributed by atoms with Crippen LogP contribution in [0.25, 0.3) is 0 Å². The summed E-state index contributed by atoms with van der Waals surface area (Å²) in [6.45, 7) is 2.21. The number of likely N-dealkylation sites (N-methyl/N-ethyl adjacent to an activating group) is 1. The number of thiophene rings is 1. The first-order valence-corrected chi connectivity index (χ1v) is 6.60. The highest BCUT2D eigenvalue weighted by atomic mass is 32.1. The van der Waals surface area contributed by atoms with Crippen LogP contribution in [0.2, 0.25) is 0 Å². The van der Waals surface area contributed by atoms with Crippen LogP contribution in [0, 0.1) is 5.41 Å². The molecule has 4 heteroatoms. The molecular weight excluding hydrogens is 218 g/mol. The topological polar surface area (TPSA) is 53.1 Å². The molecular formula is C12H21N3S. The standard InChI is InChI=1S/C12H21N3S/c1-15(8-3-2-6-12(13)14)9-7-11-5-4-10-16-11/h4-5,10H,2-3,6-9H2,1H3,(H3,13,14). The van der Waals surface area contributed by atoms with Gasteiger partial charge in [-0.3, -0.25) is 5.41 Å². The maximum atomic E-state index is 7.12. The summed E-state index contributed by atoms with van der Waals surface area (Å²) in [7, 11) is 2.15. The van der Waals surface area contributed by atoms with Crippen molar-refractivity contribution in [1.29, 1.82) is 5.41 Å². The van der Waals surface area contributed by atoms with Gasteiger partial charge in [0.2, 0.25) is 0 Å². The van der Waals surface area contributed by atoms with Gasteiger partial charge in [-0.15, -0.1) is 11.3 Å². The highest BCUT2D eigenvalue weighted by Gasteiger charge is 2.00. The first-order valence-electron chi connectivity index (χ1n) is 5.72. The number of nitrogens with one attached hydrogen (secondary N) is 1. The zero-order valence-electron chi connectivity index (χ0n) is 9.91. The van der Waals surface area contributed by atoms with Crippen molar-refractivity contribution in [3.63, 3.8) is 0 Å². The van der Waals surface area contributed by atoms with Crippen LogP contribution in [0.4, 0.5) is 0 Å². The first-order chi connectivity index (χ1) is 7.68. The van der Waals surface area contributed by atoms with Crippen LogP contribution in [0.1, 0.15) is 24.1 Å². The summed E-state index contributed by atoms with van der Waals surface area (Å²) in [4.78, 5) is 3.80. The molecule has 0 radical (unpaired) electrons. The lowest BCUT2D eigenvalue weighted by Gasteiger charge is -2.15.